The van der Waals surface area contributed by atoms with Crippen LogP contribution >= 0.6 is 22.9 Å². The molecule has 0 radical (unpaired) electrons. The normalized spacial score (nSPS) is 21.4. The van der Waals surface area contributed by atoms with Gasteiger partial charge in [0.05, 0.1) is 6.54 Å². The van der Waals surface area contributed by atoms with Crippen molar-refractivity contribution in [1.29, 1.82) is 0 Å². The van der Waals surface area contributed by atoms with Gasteiger partial charge in [-0.1, -0.05) is 23.7 Å². The fraction of sp³-hybridized carbons (Fsp3) is 0.476. The number of benzene rings is 1. The van der Waals surface area contributed by atoms with Crippen LogP contribution in [0.2, 0.25) is 5.02 Å². The van der Waals surface area contributed by atoms with Crippen LogP contribution in [0.15, 0.2) is 35.7 Å². The van der Waals surface area contributed by atoms with E-state index in [1.54, 1.807) is 23.5 Å². The Morgan fingerprint density at radius 2 is 1.96 bits per heavy atom. The predicted molar refractivity (Wildman–Crippen MR) is 111 cm³/mol. The molecule has 2 saturated heterocycles. The Bertz CT molecular complexity index is 788. The van der Waals surface area contributed by atoms with Crippen molar-refractivity contribution in [2.45, 2.75) is 25.4 Å². The van der Waals surface area contributed by atoms with E-state index in [0.717, 1.165) is 32.5 Å². The molecule has 0 N–H and O–H groups in total. The van der Waals surface area contributed by atoms with Crippen molar-refractivity contribution < 1.29 is 9.18 Å². The molecule has 1 amide bonds. The van der Waals surface area contributed by atoms with Crippen LogP contribution in [0.25, 0.3) is 0 Å². The summed E-state index contributed by atoms with van der Waals surface area (Å²) in [7, 11) is 0. The van der Waals surface area contributed by atoms with Crippen LogP contribution in [0.3, 0.4) is 0 Å². The highest BCUT2D eigenvalue weighted by Gasteiger charge is 2.30. The third-order valence-corrected chi connectivity index (χ3v) is 7.07. The zero-order chi connectivity index (χ0) is 19.5. The Balaban J connectivity index is 1.29. The van der Waals surface area contributed by atoms with Gasteiger partial charge in [-0.25, -0.2) is 4.39 Å². The third-order valence-electron chi connectivity index (χ3n) is 5.74. The molecule has 3 heterocycles. The van der Waals surface area contributed by atoms with Gasteiger partial charge in [0.15, 0.2) is 0 Å². The van der Waals surface area contributed by atoms with Gasteiger partial charge in [0.1, 0.15) is 5.82 Å². The van der Waals surface area contributed by atoms with Gasteiger partial charge in [0.25, 0.3) is 0 Å². The lowest BCUT2D eigenvalue weighted by Crippen LogP contribution is -2.50. The summed E-state index contributed by atoms with van der Waals surface area (Å²) in [6, 6.07) is 9.43. The minimum atomic E-state index is -0.264. The lowest BCUT2D eigenvalue weighted by atomic mass is 10.1. The molecule has 1 aromatic carbocycles. The fourth-order valence-corrected chi connectivity index (χ4v) is 5.27. The zero-order valence-corrected chi connectivity index (χ0v) is 17.4. The molecule has 28 heavy (non-hydrogen) atoms. The van der Waals surface area contributed by atoms with Crippen molar-refractivity contribution in [1.82, 2.24) is 14.7 Å². The van der Waals surface area contributed by atoms with E-state index in [0.29, 0.717) is 42.8 Å². The highest BCUT2D eigenvalue weighted by Crippen LogP contribution is 2.34. The molecule has 0 spiro atoms. The van der Waals surface area contributed by atoms with Crippen molar-refractivity contribution >= 4 is 28.8 Å². The van der Waals surface area contributed by atoms with E-state index in [4.69, 9.17) is 11.6 Å². The highest BCUT2D eigenvalue weighted by atomic mass is 35.5. The Hall–Kier alpha value is -1.47. The average molecular weight is 422 g/mol. The van der Waals surface area contributed by atoms with Crippen LogP contribution in [0.1, 0.15) is 29.3 Å². The van der Waals surface area contributed by atoms with Crippen molar-refractivity contribution in [2.75, 3.05) is 39.3 Å². The van der Waals surface area contributed by atoms with E-state index in [9.17, 15) is 9.18 Å². The Morgan fingerprint density at radius 1 is 1.14 bits per heavy atom. The summed E-state index contributed by atoms with van der Waals surface area (Å²) in [6.07, 6.45) is 2.28. The van der Waals surface area contributed by atoms with Crippen LogP contribution in [0.4, 0.5) is 4.39 Å². The number of rotatable bonds is 5. The molecule has 0 unspecified atom stereocenters. The number of piperazine rings is 1. The Labute approximate surface area is 174 Å². The second kappa shape index (κ2) is 8.91. The summed E-state index contributed by atoms with van der Waals surface area (Å²) < 4.78 is 14.0. The molecule has 0 aliphatic carbocycles. The molecule has 4 rings (SSSR count). The Kier molecular flexibility index (Phi) is 6.31. The molecule has 0 bridgehead atoms. The molecule has 7 heteroatoms. The standard InChI is InChI=1S/C21H25ClFN3OS/c22-17-4-1-5-18(23)16(17)14-24-9-11-25(12-10-24)21(27)15-26-8-2-6-19(26)20-7-3-13-28-20/h1,3-5,7,13,19H,2,6,8-12,14-15H2/t19-/m0/s1. The first-order valence-electron chi connectivity index (χ1n) is 9.82. The molecule has 2 fully saturated rings. The molecule has 1 atom stereocenters. The van der Waals surface area contributed by atoms with Gasteiger partial charge < -0.3 is 4.90 Å². The van der Waals surface area contributed by atoms with E-state index in [2.05, 4.69) is 27.3 Å². The maximum atomic E-state index is 14.0. The fourth-order valence-electron chi connectivity index (χ4n) is 4.15. The second-order valence-corrected chi connectivity index (χ2v) is 8.89. The number of amides is 1. The molecule has 2 aliphatic rings. The number of hydrogen-bond acceptors (Lipinski definition) is 4. The van der Waals surface area contributed by atoms with Crippen LogP contribution in [0.5, 0.6) is 0 Å². The molecule has 2 aliphatic heterocycles. The smallest absolute Gasteiger partial charge is 0.236 e. The molecule has 0 saturated carbocycles. The van der Waals surface area contributed by atoms with Gasteiger partial charge >= 0.3 is 0 Å². The topological polar surface area (TPSA) is 26.8 Å². The molecule has 1 aromatic heterocycles. The first kappa shape index (κ1) is 19.8. The van der Waals surface area contributed by atoms with Gasteiger partial charge in [-0.2, -0.15) is 0 Å². The monoisotopic (exact) mass is 421 g/mol. The lowest BCUT2D eigenvalue weighted by Gasteiger charge is -2.36. The third kappa shape index (κ3) is 4.40. The molecular formula is C21H25ClFN3OS. The van der Waals surface area contributed by atoms with E-state index in [-0.39, 0.29) is 11.7 Å². The van der Waals surface area contributed by atoms with Crippen LogP contribution in [-0.2, 0) is 11.3 Å². The average Bonchev–Trinajstić information content (AvgIpc) is 3.37. The predicted octanol–water partition coefficient (Wildman–Crippen LogP) is 4.02. The summed E-state index contributed by atoms with van der Waals surface area (Å²) in [6.45, 7) is 4.81. The first-order valence-corrected chi connectivity index (χ1v) is 11.1. The van der Waals surface area contributed by atoms with Crippen LogP contribution in [-0.4, -0.2) is 59.9 Å². The van der Waals surface area contributed by atoms with E-state index in [1.165, 1.54) is 10.9 Å². The van der Waals surface area contributed by atoms with Gasteiger partial charge in [0, 0.05) is 54.2 Å². The summed E-state index contributed by atoms with van der Waals surface area (Å²) >= 11 is 7.92. The van der Waals surface area contributed by atoms with E-state index < -0.39 is 0 Å². The summed E-state index contributed by atoms with van der Waals surface area (Å²) in [5.74, 6) is -0.0633. The number of nitrogens with zero attached hydrogens (tertiary/aromatic N) is 3. The highest BCUT2D eigenvalue weighted by molar-refractivity contribution is 7.10. The van der Waals surface area contributed by atoms with Crippen molar-refractivity contribution in [3.05, 3.63) is 57.0 Å². The van der Waals surface area contributed by atoms with Crippen LogP contribution < -0.4 is 0 Å². The minimum Gasteiger partial charge on any atom is -0.339 e. The minimum absolute atomic E-state index is 0.201. The van der Waals surface area contributed by atoms with E-state index >= 15 is 0 Å². The Morgan fingerprint density at radius 3 is 2.68 bits per heavy atom. The number of carbonyl (C=O) groups excluding carboxylic acids is 1. The zero-order valence-electron chi connectivity index (χ0n) is 15.8. The van der Waals surface area contributed by atoms with Crippen molar-refractivity contribution in [3.63, 3.8) is 0 Å². The lowest BCUT2D eigenvalue weighted by molar-refractivity contribution is -0.134. The summed E-state index contributed by atoms with van der Waals surface area (Å²) in [4.78, 5) is 20.6. The largest absolute Gasteiger partial charge is 0.339 e. The van der Waals surface area contributed by atoms with Gasteiger partial charge in [-0.15, -0.1) is 11.3 Å². The quantitative estimate of drug-likeness (QED) is 0.729. The van der Waals surface area contributed by atoms with Gasteiger partial charge in [0.2, 0.25) is 5.91 Å². The SMILES string of the molecule is O=C(CN1CCC[C@H]1c1cccs1)N1CCN(Cc2c(F)cccc2Cl)CC1. The number of likely N-dealkylation sites (tertiary alicyclic amines) is 1. The van der Waals surface area contributed by atoms with Gasteiger partial charge in [-0.05, 0) is 43.0 Å². The first-order chi connectivity index (χ1) is 13.6. The van der Waals surface area contributed by atoms with Gasteiger partial charge in [-0.3, -0.25) is 14.6 Å². The summed E-state index contributed by atoms with van der Waals surface area (Å²) in [5, 5.41) is 2.57. The maximum Gasteiger partial charge on any atom is 0.236 e. The van der Waals surface area contributed by atoms with Crippen LogP contribution in [0, 0.1) is 5.82 Å². The number of hydrogen-bond donors (Lipinski definition) is 0. The number of thiophene rings is 1. The molecule has 4 nitrogen and oxygen atoms in total. The maximum absolute atomic E-state index is 14.0. The molecular weight excluding hydrogens is 397 g/mol. The van der Waals surface area contributed by atoms with E-state index in [1.807, 2.05) is 4.90 Å². The molecule has 150 valence electrons. The number of carbonyl (C=O) groups is 1. The summed E-state index contributed by atoms with van der Waals surface area (Å²) in [5.41, 5.74) is 0.541. The second-order valence-electron chi connectivity index (χ2n) is 7.50. The number of halogens is 2. The van der Waals surface area contributed by atoms with Crippen molar-refractivity contribution in [2.24, 2.45) is 0 Å². The molecule has 2 aromatic rings. The van der Waals surface area contributed by atoms with Crippen molar-refractivity contribution in [3.8, 4) is 0 Å².